The number of benzene rings is 1. The molecule has 0 aliphatic rings. The zero-order chi connectivity index (χ0) is 16.0. The average Bonchev–Trinajstić information content (AvgIpc) is 2.44. The number of rotatable bonds is 3. The van der Waals surface area contributed by atoms with Crippen molar-refractivity contribution in [3.8, 4) is 0 Å². The van der Waals surface area contributed by atoms with Gasteiger partial charge in [-0.1, -0.05) is 34.1 Å². The zero-order valence-electron chi connectivity index (χ0n) is 12.3. The molecule has 21 heavy (non-hydrogen) atoms. The maximum atomic E-state index is 12.3. The Bertz CT molecular complexity index is 696. The molecule has 6 nitrogen and oxygen atoms in total. The van der Waals surface area contributed by atoms with Crippen molar-refractivity contribution in [3.63, 3.8) is 0 Å². The largest absolute Gasteiger partial charge is 0.314 e. The molecule has 0 amide bonds. The third-order valence-electron chi connectivity index (χ3n) is 2.56. The molecule has 0 radical (unpaired) electrons. The summed E-state index contributed by atoms with van der Waals surface area (Å²) in [5.74, 6) is 0. The predicted molar refractivity (Wildman–Crippen MR) is 90.6 cm³/mol. The first-order valence-electron chi connectivity index (χ1n) is 6.09. The topological polar surface area (TPSA) is 74.5 Å². The van der Waals surface area contributed by atoms with Crippen LogP contribution in [0.4, 0.5) is 0 Å². The molecule has 0 bridgehead atoms. The van der Waals surface area contributed by atoms with Crippen molar-refractivity contribution in [1.82, 2.24) is 4.41 Å². The highest BCUT2D eigenvalue weighted by Gasteiger charge is 2.23. The van der Waals surface area contributed by atoms with Crippen molar-refractivity contribution in [2.75, 3.05) is 14.1 Å². The van der Waals surface area contributed by atoms with Gasteiger partial charge in [-0.3, -0.25) is 4.99 Å². The van der Waals surface area contributed by atoms with Crippen molar-refractivity contribution in [3.05, 3.63) is 34.3 Å². The first kappa shape index (κ1) is 17.5. The Kier molecular flexibility index (Phi) is 6.22. The lowest BCUT2D eigenvalue weighted by Crippen LogP contribution is -2.29. The fourth-order valence-corrected chi connectivity index (χ4v) is 3.05. The number of nitrogens with zero attached hydrogens (tertiary/aromatic N) is 4. The van der Waals surface area contributed by atoms with Gasteiger partial charge in [-0.15, -0.1) is 0 Å². The molecule has 0 unspecified atom stereocenters. The molecule has 114 valence electrons. The summed E-state index contributed by atoms with van der Waals surface area (Å²) in [4.78, 5) is 7.43. The van der Waals surface area contributed by atoms with E-state index >= 15 is 0 Å². The molecule has 0 saturated carbocycles. The minimum atomic E-state index is -3.85. The maximum absolute atomic E-state index is 12.3. The third kappa shape index (κ3) is 4.21. The molecule has 8 heteroatoms. The summed E-state index contributed by atoms with van der Waals surface area (Å²) in [7, 11) is -1.12. The van der Waals surface area contributed by atoms with Crippen LogP contribution in [0.2, 0.25) is 0 Å². The standard InChI is InChI=1S/C13H17BrN4O2S/c1-5-16-13(15-3)21(19,20)18(4)17-10(2)11-8-6-7-9-12(11)14/h5-9H,1-4H3/b15-13?,16-5?,17-10-. The van der Waals surface area contributed by atoms with Crippen LogP contribution in [0.1, 0.15) is 19.4 Å². The van der Waals surface area contributed by atoms with Crippen LogP contribution in [-0.4, -0.2) is 44.0 Å². The summed E-state index contributed by atoms with van der Waals surface area (Å²) < 4.78 is 26.2. The van der Waals surface area contributed by atoms with E-state index in [1.807, 2.05) is 24.3 Å². The van der Waals surface area contributed by atoms with E-state index in [4.69, 9.17) is 0 Å². The van der Waals surface area contributed by atoms with Gasteiger partial charge in [0.1, 0.15) is 0 Å². The summed E-state index contributed by atoms with van der Waals surface area (Å²) >= 11 is 3.41. The molecule has 0 saturated heterocycles. The Hall–Kier alpha value is -1.54. The van der Waals surface area contributed by atoms with E-state index in [-0.39, 0.29) is 5.17 Å². The van der Waals surface area contributed by atoms with E-state index in [2.05, 4.69) is 31.0 Å². The molecule has 0 spiro atoms. The van der Waals surface area contributed by atoms with Gasteiger partial charge in [-0.2, -0.15) is 17.9 Å². The van der Waals surface area contributed by atoms with Crippen molar-refractivity contribution in [1.29, 1.82) is 0 Å². The average molecular weight is 373 g/mol. The molecule has 0 atom stereocenters. The van der Waals surface area contributed by atoms with Crippen molar-refractivity contribution >= 4 is 43.0 Å². The van der Waals surface area contributed by atoms with Gasteiger partial charge in [-0.05, 0) is 19.9 Å². The molecule has 0 aromatic heterocycles. The highest BCUT2D eigenvalue weighted by molar-refractivity contribution is 9.10. The van der Waals surface area contributed by atoms with Crippen LogP contribution >= 0.6 is 15.9 Å². The third-order valence-corrected chi connectivity index (χ3v) is 4.78. The van der Waals surface area contributed by atoms with Gasteiger partial charge in [0.2, 0.25) is 0 Å². The quantitative estimate of drug-likeness (QED) is 0.464. The van der Waals surface area contributed by atoms with Crippen LogP contribution in [0.25, 0.3) is 0 Å². The molecule has 0 fully saturated rings. The number of hydrazone groups is 1. The number of hydrogen-bond acceptors (Lipinski definition) is 4. The number of aliphatic imine (C=N–C) groups is 2. The lowest BCUT2D eigenvalue weighted by atomic mass is 10.1. The fraction of sp³-hybridized carbons (Fsp3) is 0.308. The summed E-state index contributed by atoms with van der Waals surface area (Å²) in [5, 5.41) is 3.83. The minimum Gasteiger partial charge on any atom is -0.258 e. The molecule has 1 aromatic carbocycles. The highest BCUT2D eigenvalue weighted by atomic mass is 79.9. The van der Waals surface area contributed by atoms with E-state index in [1.54, 1.807) is 13.8 Å². The van der Waals surface area contributed by atoms with E-state index < -0.39 is 10.0 Å². The van der Waals surface area contributed by atoms with E-state index in [9.17, 15) is 8.42 Å². The molecule has 0 N–H and O–H groups in total. The van der Waals surface area contributed by atoms with Crippen LogP contribution in [0.3, 0.4) is 0 Å². The predicted octanol–water partition coefficient (Wildman–Crippen LogP) is 2.51. The lowest BCUT2D eigenvalue weighted by molar-refractivity contribution is 0.501. The van der Waals surface area contributed by atoms with Gasteiger partial charge in [0.05, 0.1) is 5.71 Å². The Morgan fingerprint density at radius 1 is 1.33 bits per heavy atom. The maximum Gasteiger partial charge on any atom is 0.314 e. The van der Waals surface area contributed by atoms with E-state index in [0.717, 1.165) is 14.5 Å². The van der Waals surface area contributed by atoms with Gasteiger partial charge in [0, 0.05) is 30.3 Å². The SMILES string of the molecule is CC=NC(=NC)S(=O)(=O)N(C)/N=C(/C)c1ccccc1Br. The monoisotopic (exact) mass is 372 g/mol. The molecular weight excluding hydrogens is 356 g/mol. The molecule has 1 aromatic rings. The van der Waals surface area contributed by atoms with Crippen LogP contribution < -0.4 is 0 Å². The Balaban J connectivity index is 3.18. The molecule has 0 aliphatic heterocycles. The smallest absolute Gasteiger partial charge is 0.258 e. The molecule has 0 aliphatic carbocycles. The van der Waals surface area contributed by atoms with Gasteiger partial charge in [-0.25, -0.2) is 4.99 Å². The second-order valence-electron chi connectivity index (χ2n) is 4.00. The molecule has 1 rings (SSSR count). The van der Waals surface area contributed by atoms with Crippen molar-refractivity contribution in [2.45, 2.75) is 13.8 Å². The summed E-state index contributed by atoms with van der Waals surface area (Å²) in [5.41, 5.74) is 1.37. The number of amidine groups is 1. The van der Waals surface area contributed by atoms with Gasteiger partial charge in [0.25, 0.3) is 5.17 Å². The second-order valence-corrected chi connectivity index (χ2v) is 6.70. The Morgan fingerprint density at radius 2 is 1.95 bits per heavy atom. The normalized spacial score (nSPS) is 13.8. The second kappa shape index (κ2) is 7.46. The van der Waals surface area contributed by atoms with Crippen LogP contribution in [0.15, 0.2) is 43.8 Å². The zero-order valence-corrected chi connectivity index (χ0v) is 14.7. The van der Waals surface area contributed by atoms with Gasteiger partial charge in [0.15, 0.2) is 0 Å². The first-order valence-corrected chi connectivity index (χ1v) is 8.32. The lowest BCUT2D eigenvalue weighted by Gasteiger charge is -2.14. The van der Waals surface area contributed by atoms with Gasteiger partial charge < -0.3 is 0 Å². The van der Waals surface area contributed by atoms with E-state index in [0.29, 0.717) is 5.71 Å². The number of halogens is 1. The minimum absolute atomic E-state index is 0.281. The Morgan fingerprint density at radius 3 is 2.48 bits per heavy atom. The van der Waals surface area contributed by atoms with Crippen LogP contribution in [0, 0.1) is 0 Å². The number of hydrogen-bond donors (Lipinski definition) is 0. The summed E-state index contributed by atoms with van der Waals surface area (Å²) in [6.07, 6.45) is 1.37. The van der Waals surface area contributed by atoms with Gasteiger partial charge >= 0.3 is 10.0 Å². The highest BCUT2D eigenvalue weighted by Crippen LogP contribution is 2.17. The number of sulfonamides is 1. The fourth-order valence-electron chi connectivity index (χ4n) is 1.54. The summed E-state index contributed by atoms with van der Waals surface area (Å²) in [6.45, 7) is 3.36. The van der Waals surface area contributed by atoms with Crippen molar-refractivity contribution in [2.24, 2.45) is 15.1 Å². The van der Waals surface area contributed by atoms with Crippen LogP contribution in [-0.2, 0) is 10.0 Å². The molecular formula is C13H17BrN4O2S. The summed E-state index contributed by atoms with van der Waals surface area (Å²) in [6, 6.07) is 7.44. The molecule has 0 heterocycles. The first-order chi connectivity index (χ1) is 9.84. The van der Waals surface area contributed by atoms with Crippen LogP contribution in [0.5, 0.6) is 0 Å². The van der Waals surface area contributed by atoms with E-state index in [1.165, 1.54) is 20.3 Å². The van der Waals surface area contributed by atoms with Crippen molar-refractivity contribution < 1.29 is 8.42 Å². The Labute approximate surface area is 133 Å².